The maximum absolute atomic E-state index is 14.9. The third kappa shape index (κ3) is 3.53. The SMILES string of the molecule is N#Cc1ccc(N2C3CCC2CN(C(=O)CCC(F)(F)c2cccn4ncnc24)C3)nc1. The molecule has 2 fully saturated rings. The molecule has 2 aliphatic rings. The lowest BCUT2D eigenvalue weighted by Gasteiger charge is -2.42. The van der Waals surface area contributed by atoms with Crippen LogP contribution >= 0.6 is 0 Å². The fraction of sp³-hybridized carbons (Fsp3) is 0.409. The second kappa shape index (κ2) is 7.82. The summed E-state index contributed by atoms with van der Waals surface area (Å²) in [6.45, 7) is 0.977. The Kier molecular flexibility index (Phi) is 4.96. The molecule has 2 atom stereocenters. The fourth-order valence-electron chi connectivity index (χ4n) is 4.78. The molecule has 0 aliphatic carbocycles. The monoisotopic (exact) mass is 437 g/mol. The molecule has 2 unspecified atom stereocenters. The van der Waals surface area contributed by atoms with E-state index in [1.54, 1.807) is 23.4 Å². The Morgan fingerprint density at radius 3 is 2.66 bits per heavy atom. The molecule has 1 amide bonds. The molecule has 0 N–H and O–H groups in total. The van der Waals surface area contributed by atoms with Gasteiger partial charge in [0, 0.05) is 50.4 Å². The van der Waals surface area contributed by atoms with Crippen molar-refractivity contribution in [2.75, 3.05) is 18.0 Å². The normalized spacial score (nSPS) is 20.5. The lowest BCUT2D eigenvalue weighted by atomic mass is 10.0. The van der Waals surface area contributed by atoms with Crippen LogP contribution in [-0.2, 0) is 10.7 Å². The van der Waals surface area contributed by atoms with Gasteiger partial charge in [0.1, 0.15) is 18.2 Å². The van der Waals surface area contributed by atoms with Crippen LogP contribution < -0.4 is 4.90 Å². The van der Waals surface area contributed by atoms with Gasteiger partial charge in [-0.15, -0.1) is 0 Å². The maximum Gasteiger partial charge on any atom is 0.277 e. The second-order valence-corrected chi connectivity index (χ2v) is 8.26. The number of hydrogen-bond donors (Lipinski definition) is 0. The van der Waals surface area contributed by atoms with Gasteiger partial charge in [0.15, 0.2) is 5.65 Å². The second-order valence-electron chi connectivity index (χ2n) is 8.26. The minimum Gasteiger partial charge on any atom is -0.347 e. The molecule has 8 nitrogen and oxygen atoms in total. The molecule has 0 radical (unpaired) electrons. The standard InChI is InChI=1S/C22H21F2N7O/c23-22(24,18-2-1-9-30-21(18)27-14-28-30)8-7-20(32)29-12-16-4-5-17(13-29)31(16)19-6-3-15(10-25)11-26-19/h1-3,6,9,11,14,16-17H,4-5,7-8,12-13H2. The van der Waals surface area contributed by atoms with Crippen molar-refractivity contribution < 1.29 is 13.6 Å². The van der Waals surface area contributed by atoms with Gasteiger partial charge in [0.05, 0.1) is 11.1 Å². The van der Waals surface area contributed by atoms with Crippen LogP contribution in [0.25, 0.3) is 5.65 Å². The van der Waals surface area contributed by atoms with Gasteiger partial charge in [-0.2, -0.15) is 10.4 Å². The minimum absolute atomic E-state index is 0.100. The summed E-state index contributed by atoms with van der Waals surface area (Å²) in [4.78, 5) is 25.0. The number of fused-ring (bicyclic) bond motifs is 3. The number of pyridine rings is 2. The van der Waals surface area contributed by atoms with E-state index in [0.717, 1.165) is 18.7 Å². The first-order valence-electron chi connectivity index (χ1n) is 10.6. The number of rotatable bonds is 5. The van der Waals surface area contributed by atoms with Gasteiger partial charge in [-0.1, -0.05) is 0 Å². The summed E-state index contributed by atoms with van der Waals surface area (Å²) in [5.74, 6) is -2.66. The van der Waals surface area contributed by atoms with E-state index in [9.17, 15) is 13.6 Å². The number of amides is 1. The topological polar surface area (TPSA) is 90.4 Å². The Morgan fingerprint density at radius 1 is 1.19 bits per heavy atom. The third-order valence-corrected chi connectivity index (χ3v) is 6.33. The summed E-state index contributed by atoms with van der Waals surface area (Å²) in [5.41, 5.74) is 0.381. The number of carbonyl (C=O) groups excluding carboxylic acids is 1. The molecular formula is C22H21F2N7O. The van der Waals surface area contributed by atoms with Crippen LogP contribution in [0.3, 0.4) is 0 Å². The number of alkyl halides is 2. The van der Waals surface area contributed by atoms with E-state index in [-0.39, 0.29) is 35.6 Å². The van der Waals surface area contributed by atoms with Crippen molar-refractivity contribution in [2.45, 2.75) is 43.7 Å². The van der Waals surface area contributed by atoms with E-state index in [1.807, 2.05) is 6.07 Å². The summed E-state index contributed by atoms with van der Waals surface area (Å²) < 4.78 is 31.1. The van der Waals surface area contributed by atoms with E-state index in [1.165, 1.54) is 23.0 Å². The van der Waals surface area contributed by atoms with Gasteiger partial charge in [-0.05, 0) is 37.1 Å². The van der Waals surface area contributed by atoms with Crippen molar-refractivity contribution >= 4 is 17.4 Å². The van der Waals surface area contributed by atoms with Crippen LogP contribution in [0.4, 0.5) is 14.6 Å². The Balaban J connectivity index is 1.24. The molecule has 2 aliphatic heterocycles. The number of halogens is 2. The fourth-order valence-corrected chi connectivity index (χ4v) is 4.78. The number of hydrogen-bond acceptors (Lipinski definition) is 6. The number of piperazine rings is 1. The number of aromatic nitrogens is 4. The average molecular weight is 437 g/mol. The van der Waals surface area contributed by atoms with Crippen molar-refractivity contribution in [3.05, 3.63) is 54.1 Å². The Hall–Kier alpha value is -3.61. The van der Waals surface area contributed by atoms with Crippen molar-refractivity contribution in [3.8, 4) is 6.07 Å². The lowest BCUT2D eigenvalue weighted by molar-refractivity contribution is -0.134. The lowest BCUT2D eigenvalue weighted by Crippen LogP contribution is -2.55. The largest absolute Gasteiger partial charge is 0.347 e. The molecule has 10 heteroatoms. The van der Waals surface area contributed by atoms with Crippen LogP contribution in [0.15, 0.2) is 43.0 Å². The first-order chi connectivity index (χ1) is 15.5. The number of anilines is 1. The molecule has 3 aromatic heterocycles. The van der Waals surface area contributed by atoms with Gasteiger partial charge < -0.3 is 9.80 Å². The molecule has 164 valence electrons. The highest BCUT2D eigenvalue weighted by atomic mass is 19.3. The Morgan fingerprint density at radius 2 is 1.97 bits per heavy atom. The van der Waals surface area contributed by atoms with E-state index >= 15 is 0 Å². The highest BCUT2D eigenvalue weighted by molar-refractivity contribution is 5.77. The van der Waals surface area contributed by atoms with E-state index in [2.05, 4.69) is 26.0 Å². The molecule has 5 rings (SSSR count). The number of nitriles is 1. The van der Waals surface area contributed by atoms with Crippen molar-refractivity contribution in [1.29, 1.82) is 5.26 Å². The van der Waals surface area contributed by atoms with E-state index in [0.29, 0.717) is 18.7 Å². The molecule has 2 bridgehead atoms. The van der Waals surface area contributed by atoms with Gasteiger partial charge in [0.2, 0.25) is 5.91 Å². The van der Waals surface area contributed by atoms with Crippen LogP contribution in [0.2, 0.25) is 0 Å². The quantitative estimate of drug-likeness (QED) is 0.610. The van der Waals surface area contributed by atoms with Gasteiger partial charge in [0.25, 0.3) is 5.92 Å². The third-order valence-electron chi connectivity index (χ3n) is 6.33. The van der Waals surface area contributed by atoms with Crippen LogP contribution in [-0.4, -0.2) is 55.6 Å². The van der Waals surface area contributed by atoms with E-state index < -0.39 is 12.3 Å². The highest BCUT2D eigenvalue weighted by Gasteiger charge is 2.43. The summed E-state index contributed by atoms with van der Waals surface area (Å²) >= 11 is 0. The molecule has 0 aromatic carbocycles. The number of likely N-dealkylation sites (tertiary alicyclic amines) is 1. The summed E-state index contributed by atoms with van der Waals surface area (Å²) in [7, 11) is 0. The van der Waals surface area contributed by atoms with Gasteiger partial charge in [-0.25, -0.2) is 23.3 Å². The smallest absolute Gasteiger partial charge is 0.277 e. The Labute approximate surface area is 183 Å². The Bertz CT molecular complexity index is 1170. The minimum atomic E-state index is -3.18. The molecule has 0 spiro atoms. The predicted molar refractivity (Wildman–Crippen MR) is 111 cm³/mol. The molecule has 32 heavy (non-hydrogen) atoms. The van der Waals surface area contributed by atoms with E-state index in [4.69, 9.17) is 5.26 Å². The number of nitrogens with zero attached hydrogens (tertiary/aromatic N) is 7. The van der Waals surface area contributed by atoms with Crippen LogP contribution in [0, 0.1) is 11.3 Å². The molecule has 3 aromatic rings. The zero-order valence-corrected chi connectivity index (χ0v) is 17.2. The van der Waals surface area contributed by atoms with Crippen LogP contribution in [0.1, 0.15) is 36.8 Å². The molecule has 5 heterocycles. The van der Waals surface area contributed by atoms with Crippen molar-refractivity contribution in [1.82, 2.24) is 24.5 Å². The highest BCUT2D eigenvalue weighted by Crippen LogP contribution is 2.37. The molecule has 2 saturated heterocycles. The zero-order chi connectivity index (χ0) is 22.3. The zero-order valence-electron chi connectivity index (χ0n) is 17.2. The predicted octanol–water partition coefficient (Wildman–Crippen LogP) is 2.75. The van der Waals surface area contributed by atoms with Crippen molar-refractivity contribution in [2.24, 2.45) is 0 Å². The summed E-state index contributed by atoms with van der Waals surface area (Å²) in [6.07, 6.45) is 5.36. The first-order valence-corrected chi connectivity index (χ1v) is 10.6. The maximum atomic E-state index is 14.9. The van der Waals surface area contributed by atoms with Gasteiger partial charge in [-0.3, -0.25) is 4.79 Å². The summed E-state index contributed by atoms with van der Waals surface area (Å²) in [6, 6.07) is 8.65. The average Bonchev–Trinajstić information content (AvgIpc) is 3.39. The first kappa shape index (κ1) is 20.3. The van der Waals surface area contributed by atoms with Gasteiger partial charge >= 0.3 is 0 Å². The van der Waals surface area contributed by atoms with Crippen molar-refractivity contribution in [3.63, 3.8) is 0 Å². The number of carbonyl (C=O) groups is 1. The van der Waals surface area contributed by atoms with Crippen LogP contribution in [0.5, 0.6) is 0 Å². The summed E-state index contributed by atoms with van der Waals surface area (Å²) in [5, 5.41) is 12.9. The molecular weight excluding hydrogens is 416 g/mol. The molecule has 0 saturated carbocycles.